The van der Waals surface area contributed by atoms with Crippen molar-refractivity contribution in [3.63, 3.8) is 0 Å². The van der Waals surface area contributed by atoms with Gasteiger partial charge in [0.15, 0.2) is 0 Å². The summed E-state index contributed by atoms with van der Waals surface area (Å²) < 4.78 is 1.12. The molecule has 1 heteroatoms. The lowest BCUT2D eigenvalue weighted by Crippen LogP contribution is -2.43. The van der Waals surface area contributed by atoms with Gasteiger partial charge in [0.25, 0.3) is 0 Å². The average Bonchev–Trinajstić information content (AvgIpc) is 2.58. The highest BCUT2D eigenvalue weighted by Crippen LogP contribution is 2.28. The van der Waals surface area contributed by atoms with Crippen LogP contribution < -0.4 is 0 Å². The average molecular weight is 333 g/mol. The van der Waals surface area contributed by atoms with E-state index in [4.69, 9.17) is 0 Å². The van der Waals surface area contributed by atoms with Gasteiger partial charge in [-0.2, -0.15) is 0 Å². The molecule has 0 spiro atoms. The highest BCUT2D eigenvalue weighted by Gasteiger charge is 2.27. The third-order valence-corrected chi connectivity index (χ3v) is 5.50. The summed E-state index contributed by atoms with van der Waals surface area (Å²) >= 11 is 0. The predicted molar refractivity (Wildman–Crippen MR) is 108 cm³/mol. The molecule has 0 fully saturated rings. The van der Waals surface area contributed by atoms with Gasteiger partial charge < -0.3 is 4.48 Å². The molecule has 1 aromatic rings. The number of hydrogen-bond acceptors (Lipinski definition) is 0. The van der Waals surface area contributed by atoms with Gasteiger partial charge in [0.2, 0.25) is 0 Å². The normalized spacial score (nSPS) is 13.2. The number of benzene rings is 1. The number of unbranched alkanes of at least 4 members (excludes halogenated alkanes) is 9. The standard InChI is InChI=1S/C23H42N/c1-5-7-8-9-10-11-12-13-14-18-21-24(3,4)23(6-2)22-19-16-15-17-20-22/h15-17,19-20,23H,5-14,18,21H2,1-4H3/q+1/t23-/m1/s1. The second kappa shape index (κ2) is 12.5. The first-order chi connectivity index (χ1) is 11.6. The molecule has 1 nitrogen and oxygen atoms in total. The molecule has 1 atom stereocenters. The van der Waals surface area contributed by atoms with Gasteiger partial charge in [-0.1, -0.05) is 95.5 Å². The molecule has 0 heterocycles. The lowest BCUT2D eigenvalue weighted by molar-refractivity contribution is -0.921. The first kappa shape index (κ1) is 21.2. The predicted octanol–water partition coefficient (Wildman–Crippen LogP) is 7.14. The lowest BCUT2D eigenvalue weighted by atomic mass is 10.0. The summed E-state index contributed by atoms with van der Waals surface area (Å²) in [6.45, 7) is 5.92. The van der Waals surface area contributed by atoms with Crippen LogP contribution in [0.5, 0.6) is 0 Å². The SMILES string of the molecule is CCCCCCCCCCCC[N+](C)(C)[C@H](CC)c1ccccc1. The molecule has 1 aromatic carbocycles. The summed E-state index contributed by atoms with van der Waals surface area (Å²) in [5.41, 5.74) is 1.50. The Balaban J connectivity index is 2.18. The van der Waals surface area contributed by atoms with Crippen LogP contribution >= 0.6 is 0 Å². The van der Waals surface area contributed by atoms with Crippen molar-refractivity contribution in [2.24, 2.45) is 0 Å². The van der Waals surface area contributed by atoms with Crippen molar-refractivity contribution in [1.82, 2.24) is 0 Å². The van der Waals surface area contributed by atoms with Gasteiger partial charge in [0.05, 0.1) is 20.6 Å². The molecule has 0 aliphatic carbocycles. The molecular weight excluding hydrogens is 290 g/mol. The molecule has 24 heavy (non-hydrogen) atoms. The fraction of sp³-hybridized carbons (Fsp3) is 0.739. The summed E-state index contributed by atoms with van der Waals surface area (Å²) in [6.07, 6.45) is 15.4. The summed E-state index contributed by atoms with van der Waals surface area (Å²) in [5.74, 6) is 0. The molecule has 0 unspecified atom stereocenters. The third-order valence-electron chi connectivity index (χ3n) is 5.50. The van der Waals surface area contributed by atoms with E-state index in [2.05, 4.69) is 58.3 Å². The Morgan fingerprint density at radius 2 is 1.21 bits per heavy atom. The smallest absolute Gasteiger partial charge is 0.114 e. The highest BCUT2D eigenvalue weighted by molar-refractivity contribution is 5.17. The van der Waals surface area contributed by atoms with Crippen molar-refractivity contribution >= 4 is 0 Å². The first-order valence-electron chi connectivity index (χ1n) is 10.5. The van der Waals surface area contributed by atoms with Gasteiger partial charge in [-0.05, 0) is 12.8 Å². The fourth-order valence-corrected chi connectivity index (χ4v) is 3.97. The van der Waals surface area contributed by atoms with Crippen molar-refractivity contribution in [3.05, 3.63) is 35.9 Å². The molecule has 0 aliphatic heterocycles. The summed E-state index contributed by atoms with van der Waals surface area (Å²) in [6, 6.07) is 11.7. The molecule has 0 bridgehead atoms. The van der Waals surface area contributed by atoms with Crippen molar-refractivity contribution in [3.8, 4) is 0 Å². The van der Waals surface area contributed by atoms with Crippen LogP contribution in [0.25, 0.3) is 0 Å². The topological polar surface area (TPSA) is 0 Å². The summed E-state index contributed by atoms with van der Waals surface area (Å²) in [7, 11) is 4.82. The third kappa shape index (κ3) is 8.33. The van der Waals surface area contributed by atoms with Crippen LogP contribution in [0.15, 0.2) is 30.3 Å². The van der Waals surface area contributed by atoms with Crippen LogP contribution in [0.3, 0.4) is 0 Å². The maximum absolute atomic E-state index is 2.41. The molecule has 0 aromatic heterocycles. The number of quaternary nitrogens is 1. The van der Waals surface area contributed by atoms with Crippen molar-refractivity contribution in [1.29, 1.82) is 0 Å². The monoisotopic (exact) mass is 332 g/mol. The van der Waals surface area contributed by atoms with Crippen LogP contribution in [0.4, 0.5) is 0 Å². The van der Waals surface area contributed by atoms with Crippen LogP contribution in [0.1, 0.15) is 96.1 Å². The van der Waals surface area contributed by atoms with E-state index in [1.54, 1.807) is 0 Å². The van der Waals surface area contributed by atoms with Gasteiger partial charge in [-0.15, -0.1) is 0 Å². The quantitative estimate of drug-likeness (QED) is 0.251. The minimum absolute atomic E-state index is 0.629. The van der Waals surface area contributed by atoms with Gasteiger partial charge in [0.1, 0.15) is 6.04 Å². The second-order valence-corrected chi connectivity index (χ2v) is 8.02. The van der Waals surface area contributed by atoms with Crippen molar-refractivity contribution in [2.45, 2.75) is 90.5 Å². The van der Waals surface area contributed by atoms with E-state index in [1.165, 1.54) is 82.7 Å². The van der Waals surface area contributed by atoms with Crippen LogP contribution in [-0.2, 0) is 0 Å². The van der Waals surface area contributed by atoms with E-state index >= 15 is 0 Å². The van der Waals surface area contributed by atoms with E-state index in [9.17, 15) is 0 Å². The van der Waals surface area contributed by atoms with Gasteiger partial charge in [-0.25, -0.2) is 0 Å². The molecule has 1 rings (SSSR count). The van der Waals surface area contributed by atoms with E-state index in [0.717, 1.165) is 4.48 Å². The minimum atomic E-state index is 0.629. The molecule has 0 saturated heterocycles. The van der Waals surface area contributed by atoms with Gasteiger partial charge in [-0.3, -0.25) is 0 Å². The highest BCUT2D eigenvalue weighted by atomic mass is 15.3. The molecule has 0 amide bonds. The summed E-state index contributed by atoms with van der Waals surface area (Å²) in [4.78, 5) is 0. The minimum Gasteiger partial charge on any atom is -0.322 e. The molecule has 0 aliphatic rings. The Morgan fingerprint density at radius 3 is 1.71 bits per heavy atom. The maximum atomic E-state index is 2.41. The Labute approximate surface area is 152 Å². The molecule has 138 valence electrons. The fourth-order valence-electron chi connectivity index (χ4n) is 3.97. The van der Waals surface area contributed by atoms with E-state index in [0.29, 0.717) is 6.04 Å². The summed E-state index contributed by atoms with van der Waals surface area (Å²) in [5, 5.41) is 0. The second-order valence-electron chi connectivity index (χ2n) is 8.02. The first-order valence-corrected chi connectivity index (χ1v) is 10.5. The Hall–Kier alpha value is -0.820. The van der Waals surface area contributed by atoms with Gasteiger partial charge >= 0.3 is 0 Å². The molecule has 0 saturated carbocycles. The lowest BCUT2D eigenvalue weighted by Gasteiger charge is -2.38. The zero-order valence-corrected chi connectivity index (χ0v) is 16.9. The van der Waals surface area contributed by atoms with E-state index < -0.39 is 0 Å². The number of rotatable bonds is 14. The maximum Gasteiger partial charge on any atom is 0.114 e. The van der Waals surface area contributed by atoms with Crippen molar-refractivity contribution in [2.75, 3.05) is 20.6 Å². The Kier molecular flexibility index (Phi) is 11.1. The molecule has 0 radical (unpaired) electrons. The van der Waals surface area contributed by atoms with Crippen LogP contribution in [0.2, 0.25) is 0 Å². The number of nitrogens with zero attached hydrogens (tertiary/aromatic N) is 1. The Morgan fingerprint density at radius 1 is 0.708 bits per heavy atom. The van der Waals surface area contributed by atoms with Crippen molar-refractivity contribution < 1.29 is 4.48 Å². The van der Waals surface area contributed by atoms with Crippen LogP contribution in [0, 0.1) is 0 Å². The molecular formula is C23H42N+. The van der Waals surface area contributed by atoms with E-state index in [-0.39, 0.29) is 0 Å². The van der Waals surface area contributed by atoms with Crippen LogP contribution in [-0.4, -0.2) is 25.1 Å². The Bertz CT molecular complexity index is 396. The zero-order valence-electron chi connectivity index (χ0n) is 16.9. The number of hydrogen-bond donors (Lipinski definition) is 0. The largest absolute Gasteiger partial charge is 0.322 e. The van der Waals surface area contributed by atoms with E-state index in [1.807, 2.05) is 0 Å². The van der Waals surface area contributed by atoms with Gasteiger partial charge in [0, 0.05) is 12.0 Å². The zero-order chi connectivity index (χ0) is 17.7. The molecule has 0 N–H and O–H groups in total.